The van der Waals surface area contributed by atoms with Gasteiger partial charge < -0.3 is 10.4 Å². The molecule has 0 spiro atoms. The zero-order valence-electron chi connectivity index (χ0n) is 11.4. The van der Waals surface area contributed by atoms with Crippen LogP contribution in [0.15, 0.2) is 17.5 Å². The zero-order chi connectivity index (χ0) is 14.6. The summed E-state index contributed by atoms with van der Waals surface area (Å²) in [6.45, 7) is 1.97. The van der Waals surface area contributed by atoms with Crippen molar-refractivity contribution in [1.82, 2.24) is 5.32 Å². The molecular weight excluding hydrogens is 294 g/mol. The molecule has 0 saturated heterocycles. The molecule has 1 aromatic rings. The summed E-state index contributed by atoms with van der Waals surface area (Å²) < 4.78 is 0. The molecule has 1 fully saturated rings. The van der Waals surface area contributed by atoms with E-state index in [-0.39, 0.29) is 23.8 Å². The van der Waals surface area contributed by atoms with Crippen LogP contribution < -0.4 is 5.32 Å². The molecule has 2 rings (SSSR count). The standard InChI is InChI=1S/C14H19NO3S2/c1-10(11-3-2-6-20-11)15-12(16)8-19-9-14(4-5-14)7-13(17)18/h2-3,6,10H,4-5,7-9H2,1H3,(H,15,16)(H,17,18). The Morgan fingerprint density at radius 2 is 2.30 bits per heavy atom. The lowest BCUT2D eigenvalue weighted by molar-refractivity contribution is -0.138. The fourth-order valence-electron chi connectivity index (χ4n) is 2.12. The van der Waals surface area contributed by atoms with Gasteiger partial charge >= 0.3 is 5.97 Å². The molecule has 1 unspecified atom stereocenters. The minimum atomic E-state index is -0.737. The van der Waals surface area contributed by atoms with Crippen molar-refractivity contribution < 1.29 is 14.7 Å². The molecule has 0 radical (unpaired) electrons. The number of carbonyl (C=O) groups is 2. The fraction of sp³-hybridized carbons (Fsp3) is 0.571. The highest BCUT2D eigenvalue weighted by atomic mass is 32.2. The first-order valence-electron chi connectivity index (χ1n) is 6.63. The van der Waals surface area contributed by atoms with Crippen LogP contribution >= 0.6 is 23.1 Å². The van der Waals surface area contributed by atoms with Gasteiger partial charge in [0, 0.05) is 4.88 Å². The monoisotopic (exact) mass is 313 g/mol. The molecule has 20 heavy (non-hydrogen) atoms. The molecular formula is C14H19NO3S2. The normalized spacial score (nSPS) is 17.4. The van der Waals surface area contributed by atoms with Gasteiger partial charge in [-0.25, -0.2) is 0 Å². The second kappa shape index (κ2) is 6.63. The predicted molar refractivity (Wildman–Crippen MR) is 82.1 cm³/mol. The van der Waals surface area contributed by atoms with E-state index in [0.717, 1.165) is 23.5 Å². The summed E-state index contributed by atoms with van der Waals surface area (Å²) in [5.74, 6) is 0.442. The maximum Gasteiger partial charge on any atom is 0.303 e. The number of aliphatic carboxylic acids is 1. The Labute approximate surface area is 127 Å². The van der Waals surface area contributed by atoms with Gasteiger partial charge in [0.2, 0.25) is 5.91 Å². The van der Waals surface area contributed by atoms with Crippen LogP contribution in [0.4, 0.5) is 0 Å². The van der Waals surface area contributed by atoms with Crippen LogP contribution in [-0.2, 0) is 9.59 Å². The lowest BCUT2D eigenvalue weighted by Crippen LogP contribution is -2.28. The van der Waals surface area contributed by atoms with Crippen LogP contribution in [0.1, 0.15) is 37.1 Å². The van der Waals surface area contributed by atoms with Gasteiger partial charge in [-0.15, -0.1) is 11.3 Å². The lowest BCUT2D eigenvalue weighted by Gasteiger charge is -2.14. The summed E-state index contributed by atoms with van der Waals surface area (Å²) in [7, 11) is 0. The van der Waals surface area contributed by atoms with Crippen molar-refractivity contribution in [3.63, 3.8) is 0 Å². The molecule has 1 aliphatic carbocycles. The SMILES string of the molecule is CC(NC(=O)CSCC1(CC(=O)O)CC1)c1cccs1. The Kier molecular flexibility index (Phi) is 5.10. The molecule has 1 heterocycles. The largest absolute Gasteiger partial charge is 0.481 e. The quantitative estimate of drug-likeness (QED) is 0.774. The topological polar surface area (TPSA) is 66.4 Å². The summed E-state index contributed by atoms with van der Waals surface area (Å²) in [6.07, 6.45) is 2.17. The molecule has 1 aromatic heterocycles. The highest BCUT2D eigenvalue weighted by molar-refractivity contribution is 8.00. The van der Waals surface area contributed by atoms with Gasteiger partial charge in [0.15, 0.2) is 0 Å². The van der Waals surface area contributed by atoms with E-state index in [1.54, 1.807) is 23.1 Å². The molecule has 110 valence electrons. The first kappa shape index (κ1) is 15.4. The van der Waals surface area contributed by atoms with Gasteiger partial charge in [0.1, 0.15) is 0 Å². The van der Waals surface area contributed by atoms with E-state index < -0.39 is 5.97 Å². The number of carbonyl (C=O) groups excluding carboxylic acids is 1. The second-order valence-electron chi connectivity index (χ2n) is 5.37. The van der Waals surface area contributed by atoms with Crippen molar-refractivity contribution in [3.8, 4) is 0 Å². The number of thiophene rings is 1. The average Bonchev–Trinajstić information content (AvgIpc) is 2.92. The molecule has 1 saturated carbocycles. The van der Waals surface area contributed by atoms with Crippen LogP contribution in [0.3, 0.4) is 0 Å². The van der Waals surface area contributed by atoms with E-state index in [9.17, 15) is 9.59 Å². The highest BCUT2D eigenvalue weighted by Crippen LogP contribution is 2.50. The summed E-state index contributed by atoms with van der Waals surface area (Å²) in [5.41, 5.74) is -0.0455. The van der Waals surface area contributed by atoms with Gasteiger partial charge in [-0.2, -0.15) is 11.8 Å². The van der Waals surface area contributed by atoms with Crippen LogP contribution in [0, 0.1) is 5.41 Å². The van der Waals surface area contributed by atoms with Crippen LogP contribution in [0.2, 0.25) is 0 Å². The second-order valence-corrected chi connectivity index (χ2v) is 7.33. The van der Waals surface area contributed by atoms with Crippen LogP contribution in [0.5, 0.6) is 0 Å². The van der Waals surface area contributed by atoms with Crippen LogP contribution in [0.25, 0.3) is 0 Å². The number of amides is 1. The number of carboxylic acids is 1. The Morgan fingerprint density at radius 3 is 2.85 bits per heavy atom. The number of hydrogen-bond acceptors (Lipinski definition) is 4. The number of hydrogen-bond donors (Lipinski definition) is 2. The highest BCUT2D eigenvalue weighted by Gasteiger charge is 2.44. The smallest absolute Gasteiger partial charge is 0.303 e. The Hall–Kier alpha value is -1.01. The Balaban J connectivity index is 1.67. The molecule has 1 atom stereocenters. The van der Waals surface area contributed by atoms with E-state index in [1.807, 2.05) is 24.4 Å². The van der Waals surface area contributed by atoms with Crippen molar-refractivity contribution >= 4 is 35.0 Å². The van der Waals surface area contributed by atoms with Crippen LogP contribution in [-0.4, -0.2) is 28.5 Å². The zero-order valence-corrected chi connectivity index (χ0v) is 13.1. The van der Waals surface area contributed by atoms with E-state index in [4.69, 9.17) is 5.11 Å². The maximum absolute atomic E-state index is 11.8. The van der Waals surface area contributed by atoms with Gasteiger partial charge in [-0.05, 0) is 42.4 Å². The molecule has 4 nitrogen and oxygen atoms in total. The number of thioether (sulfide) groups is 1. The van der Waals surface area contributed by atoms with Crippen molar-refractivity contribution in [2.75, 3.05) is 11.5 Å². The van der Waals surface area contributed by atoms with E-state index in [1.165, 1.54) is 0 Å². The summed E-state index contributed by atoms with van der Waals surface area (Å²) >= 11 is 3.17. The third-order valence-corrected chi connectivity index (χ3v) is 5.81. The molecule has 0 aromatic carbocycles. The summed E-state index contributed by atoms with van der Waals surface area (Å²) in [5, 5.41) is 13.8. The minimum Gasteiger partial charge on any atom is -0.481 e. The number of rotatable bonds is 8. The maximum atomic E-state index is 11.8. The average molecular weight is 313 g/mol. The lowest BCUT2D eigenvalue weighted by atomic mass is 10.1. The fourth-order valence-corrected chi connectivity index (χ4v) is 4.05. The third-order valence-electron chi connectivity index (χ3n) is 3.47. The Morgan fingerprint density at radius 1 is 1.55 bits per heavy atom. The number of carboxylic acid groups (broad SMARTS) is 1. The predicted octanol–water partition coefficient (Wildman–Crippen LogP) is 2.91. The van der Waals surface area contributed by atoms with Gasteiger partial charge in [0.05, 0.1) is 18.2 Å². The Bertz CT molecular complexity index is 469. The molecule has 0 aliphatic heterocycles. The van der Waals surface area contributed by atoms with Gasteiger partial charge in [-0.1, -0.05) is 6.07 Å². The number of nitrogens with one attached hydrogen (secondary N) is 1. The summed E-state index contributed by atoms with van der Waals surface area (Å²) in [4.78, 5) is 23.7. The van der Waals surface area contributed by atoms with E-state index >= 15 is 0 Å². The minimum absolute atomic E-state index is 0.0158. The summed E-state index contributed by atoms with van der Waals surface area (Å²) in [6, 6.07) is 4.02. The van der Waals surface area contributed by atoms with Crippen molar-refractivity contribution in [3.05, 3.63) is 22.4 Å². The molecule has 2 N–H and O–H groups in total. The first-order valence-corrected chi connectivity index (χ1v) is 8.66. The van der Waals surface area contributed by atoms with Gasteiger partial charge in [0.25, 0.3) is 0 Å². The van der Waals surface area contributed by atoms with Crippen molar-refractivity contribution in [1.29, 1.82) is 0 Å². The molecule has 0 bridgehead atoms. The van der Waals surface area contributed by atoms with Crippen molar-refractivity contribution in [2.24, 2.45) is 5.41 Å². The molecule has 1 aliphatic rings. The third kappa shape index (κ3) is 4.52. The van der Waals surface area contributed by atoms with Gasteiger partial charge in [-0.3, -0.25) is 9.59 Å². The van der Waals surface area contributed by atoms with E-state index in [0.29, 0.717) is 5.75 Å². The molecule has 6 heteroatoms. The molecule has 1 amide bonds. The first-order chi connectivity index (χ1) is 9.51. The van der Waals surface area contributed by atoms with Crippen molar-refractivity contribution in [2.45, 2.75) is 32.2 Å². The van der Waals surface area contributed by atoms with E-state index in [2.05, 4.69) is 5.32 Å².